The van der Waals surface area contributed by atoms with Crippen molar-refractivity contribution in [2.75, 3.05) is 19.8 Å². The molecule has 0 aromatic heterocycles. The number of carboxylic acids is 1. The molecule has 1 unspecified atom stereocenters. The molecule has 2 fully saturated rings. The molecule has 0 saturated carbocycles. The normalized spacial score (nSPS) is 26.9. The summed E-state index contributed by atoms with van der Waals surface area (Å²) in [6.45, 7) is 4.12. The molecule has 0 amide bonds. The Labute approximate surface area is 120 Å². The van der Waals surface area contributed by atoms with Crippen molar-refractivity contribution >= 4 is 5.97 Å². The molecule has 2 N–H and O–H groups in total. The molecular weight excluding hydrogens is 262 g/mol. The third kappa shape index (κ3) is 5.01. The van der Waals surface area contributed by atoms with Crippen molar-refractivity contribution < 1.29 is 24.9 Å². The van der Waals surface area contributed by atoms with Gasteiger partial charge in [0.2, 0.25) is 0 Å². The van der Waals surface area contributed by atoms with E-state index in [1.54, 1.807) is 0 Å². The highest BCUT2D eigenvalue weighted by Gasteiger charge is 2.46. The zero-order valence-corrected chi connectivity index (χ0v) is 12.3. The highest BCUT2D eigenvalue weighted by Crippen LogP contribution is 2.32. The highest BCUT2D eigenvalue weighted by atomic mass is 17.2. The predicted octanol–water partition coefficient (Wildman–Crippen LogP) is 2.60. The minimum Gasteiger partial charge on any atom is -0.480 e. The van der Waals surface area contributed by atoms with Gasteiger partial charge in [0.05, 0.1) is 13.2 Å². The predicted molar refractivity (Wildman–Crippen MR) is 73.4 cm³/mol. The van der Waals surface area contributed by atoms with E-state index < -0.39 is 11.5 Å². The van der Waals surface area contributed by atoms with E-state index in [4.69, 9.17) is 5.11 Å². The van der Waals surface area contributed by atoms with Gasteiger partial charge in [-0.05, 0) is 32.1 Å². The summed E-state index contributed by atoms with van der Waals surface area (Å²) in [6.07, 6.45) is 7.19. The van der Waals surface area contributed by atoms with Gasteiger partial charge in [-0.2, -0.15) is 5.06 Å². The molecule has 0 aromatic rings. The number of hydrogen-bond acceptors (Lipinski definition) is 5. The maximum atomic E-state index is 11.1. The smallest absolute Gasteiger partial charge is 0.326 e. The van der Waals surface area contributed by atoms with E-state index >= 15 is 0 Å². The molecule has 6 heteroatoms. The first-order valence-corrected chi connectivity index (χ1v) is 7.58. The molecule has 2 heterocycles. The average Bonchev–Trinajstić information content (AvgIpc) is 2.84. The first-order valence-electron chi connectivity index (χ1n) is 7.58. The lowest BCUT2D eigenvalue weighted by atomic mass is 9.90. The van der Waals surface area contributed by atoms with Crippen molar-refractivity contribution in [3.05, 3.63) is 0 Å². The summed E-state index contributed by atoms with van der Waals surface area (Å²) < 4.78 is 0. The van der Waals surface area contributed by atoms with Crippen LogP contribution in [0, 0.1) is 0 Å². The summed E-state index contributed by atoms with van der Waals surface area (Å²) in [5.41, 5.74) is -0.991. The lowest BCUT2D eigenvalue weighted by molar-refractivity contribution is -0.312. The first-order chi connectivity index (χ1) is 9.63. The molecule has 2 rings (SSSR count). The largest absolute Gasteiger partial charge is 0.480 e. The van der Waals surface area contributed by atoms with Crippen molar-refractivity contribution in [2.45, 2.75) is 63.8 Å². The number of nitrogens with zero attached hydrogens (tertiary/aromatic N) is 1. The molecule has 2 saturated heterocycles. The third-order valence-electron chi connectivity index (χ3n) is 3.84. The van der Waals surface area contributed by atoms with Crippen LogP contribution in [0.1, 0.15) is 58.3 Å². The minimum absolute atomic E-state index is 0.485. The number of carboxylic acid groups (broad SMARTS) is 1. The molecule has 20 heavy (non-hydrogen) atoms. The van der Waals surface area contributed by atoms with Gasteiger partial charge in [-0.25, -0.2) is 9.78 Å². The minimum atomic E-state index is -0.991. The zero-order chi connectivity index (χ0) is 14.8. The van der Waals surface area contributed by atoms with E-state index in [0.717, 1.165) is 56.8 Å². The Morgan fingerprint density at radius 2 is 1.85 bits per heavy atom. The van der Waals surface area contributed by atoms with Crippen LogP contribution >= 0.6 is 0 Å². The standard InChI is InChI=1S/C10H19NO3.C4H8O2/c1-2-3-4-6-10(9(12)13)7-5-8-11(10)14;1-2-4-6-5-3-1/h14H,2-8H2,1H3,(H,12,13);1-4H2. The Morgan fingerprint density at radius 1 is 1.20 bits per heavy atom. The second kappa shape index (κ2) is 9.28. The van der Waals surface area contributed by atoms with Crippen LogP contribution in [-0.4, -0.2) is 46.6 Å². The number of unbranched alkanes of at least 4 members (excludes halogenated alkanes) is 2. The van der Waals surface area contributed by atoms with Gasteiger partial charge >= 0.3 is 5.97 Å². The zero-order valence-electron chi connectivity index (χ0n) is 12.3. The molecule has 0 aromatic carbocycles. The molecule has 0 bridgehead atoms. The van der Waals surface area contributed by atoms with Gasteiger partial charge in [0, 0.05) is 6.54 Å². The van der Waals surface area contributed by atoms with Crippen LogP contribution in [0.15, 0.2) is 0 Å². The van der Waals surface area contributed by atoms with Crippen LogP contribution in [0.3, 0.4) is 0 Å². The van der Waals surface area contributed by atoms with Crippen LogP contribution in [0.4, 0.5) is 0 Å². The van der Waals surface area contributed by atoms with Crippen molar-refractivity contribution in [2.24, 2.45) is 0 Å². The van der Waals surface area contributed by atoms with Gasteiger partial charge < -0.3 is 10.3 Å². The van der Waals surface area contributed by atoms with Crippen LogP contribution in [-0.2, 0) is 14.6 Å². The van der Waals surface area contributed by atoms with E-state index in [0.29, 0.717) is 19.4 Å². The maximum absolute atomic E-state index is 11.1. The Hall–Kier alpha value is -0.690. The second-order valence-electron chi connectivity index (χ2n) is 5.37. The molecule has 0 aliphatic carbocycles. The van der Waals surface area contributed by atoms with Crippen LogP contribution in [0.25, 0.3) is 0 Å². The molecule has 118 valence electrons. The van der Waals surface area contributed by atoms with Crippen molar-refractivity contribution in [1.82, 2.24) is 5.06 Å². The summed E-state index contributed by atoms with van der Waals surface area (Å²) in [4.78, 5) is 20.3. The Balaban J connectivity index is 0.000000276. The number of hydroxylamine groups is 2. The fourth-order valence-corrected chi connectivity index (χ4v) is 2.55. The molecular formula is C14H27NO5. The number of aliphatic carboxylic acids is 1. The van der Waals surface area contributed by atoms with Crippen molar-refractivity contribution in [1.29, 1.82) is 0 Å². The van der Waals surface area contributed by atoms with Crippen molar-refractivity contribution in [3.63, 3.8) is 0 Å². The number of hydrogen-bond donors (Lipinski definition) is 2. The van der Waals surface area contributed by atoms with Gasteiger partial charge in [-0.1, -0.05) is 26.2 Å². The monoisotopic (exact) mass is 289 g/mol. The summed E-state index contributed by atoms with van der Waals surface area (Å²) >= 11 is 0. The van der Waals surface area contributed by atoms with Gasteiger partial charge in [-0.15, -0.1) is 0 Å². The van der Waals surface area contributed by atoms with E-state index in [1.165, 1.54) is 0 Å². The van der Waals surface area contributed by atoms with Crippen LogP contribution in [0.2, 0.25) is 0 Å². The SMILES string of the molecule is C1CCOOC1.CCCCCC1(C(=O)O)CCCN1O. The molecule has 0 radical (unpaired) electrons. The Morgan fingerprint density at radius 3 is 2.20 bits per heavy atom. The van der Waals surface area contributed by atoms with Crippen LogP contribution < -0.4 is 0 Å². The lowest BCUT2D eigenvalue weighted by Crippen LogP contribution is -2.48. The highest BCUT2D eigenvalue weighted by molar-refractivity contribution is 5.78. The van der Waals surface area contributed by atoms with Gasteiger partial charge in [-0.3, -0.25) is 4.79 Å². The van der Waals surface area contributed by atoms with Crippen molar-refractivity contribution in [3.8, 4) is 0 Å². The summed E-state index contributed by atoms with van der Waals surface area (Å²) in [5, 5.41) is 19.7. The van der Waals surface area contributed by atoms with E-state index in [-0.39, 0.29) is 0 Å². The first kappa shape index (κ1) is 17.4. The Bertz CT molecular complexity index is 271. The van der Waals surface area contributed by atoms with Crippen LogP contribution in [0.5, 0.6) is 0 Å². The fraction of sp³-hybridized carbons (Fsp3) is 0.929. The molecule has 1 atom stereocenters. The lowest BCUT2D eigenvalue weighted by Gasteiger charge is -2.29. The molecule has 2 aliphatic heterocycles. The molecule has 6 nitrogen and oxygen atoms in total. The fourth-order valence-electron chi connectivity index (χ4n) is 2.55. The third-order valence-corrected chi connectivity index (χ3v) is 3.84. The van der Waals surface area contributed by atoms with E-state index in [9.17, 15) is 10.0 Å². The molecule has 0 spiro atoms. The average molecular weight is 289 g/mol. The topological polar surface area (TPSA) is 79.2 Å². The van der Waals surface area contributed by atoms with Gasteiger partial charge in [0.15, 0.2) is 0 Å². The van der Waals surface area contributed by atoms with E-state index in [1.807, 2.05) is 0 Å². The summed E-state index contributed by atoms with van der Waals surface area (Å²) in [5.74, 6) is -0.881. The summed E-state index contributed by atoms with van der Waals surface area (Å²) in [7, 11) is 0. The second-order valence-corrected chi connectivity index (χ2v) is 5.37. The van der Waals surface area contributed by atoms with Gasteiger partial charge in [0.1, 0.15) is 5.54 Å². The Kier molecular flexibility index (Phi) is 8.06. The quantitative estimate of drug-likeness (QED) is 0.598. The molecule has 2 aliphatic rings. The summed E-state index contributed by atoms with van der Waals surface area (Å²) in [6, 6.07) is 0. The number of carbonyl (C=O) groups is 1. The maximum Gasteiger partial charge on any atom is 0.326 e. The number of rotatable bonds is 5. The van der Waals surface area contributed by atoms with E-state index in [2.05, 4.69) is 16.7 Å². The van der Waals surface area contributed by atoms with Gasteiger partial charge in [0.25, 0.3) is 0 Å².